The van der Waals surface area contributed by atoms with Gasteiger partial charge >= 0.3 is 0 Å². The molecule has 1 aromatic heterocycles. The molecular formula is C19H21NO. The summed E-state index contributed by atoms with van der Waals surface area (Å²) in [4.78, 5) is 16.7. The summed E-state index contributed by atoms with van der Waals surface area (Å²) >= 11 is 0. The van der Waals surface area contributed by atoms with Crippen molar-refractivity contribution in [2.45, 2.75) is 38.5 Å². The fourth-order valence-electron chi connectivity index (χ4n) is 3.13. The van der Waals surface area contributed by atoms with Gasteiger partial charge in [0.25, 0.3) is 0 Å². The standard InChI is InChI=1S/C19H21NO/c21-19(14-15-6-2-1-3-7-15)17-11-9-16(10-12-17)18-8-4-5-13-20-18/h4-5,8-13,15H,1-3,6-7,14H2. The van der Waals surface area contributed by atoms with Crippen LogP contribution in [0.15, 0.2) is 48.7 Å². The van der Waals surface area contributed by atoms with E-state index in [4.69, 9.17) is 0 Å². The van der Waals surface area contributed by atoms with Crippen molar-refractivity contribution in [3.8, 4) is 11.3 Å². The summed E-state index contributed by atoms with van der Waals surface area (Å²) in [5, 5.41) is 0. The molecule has 2 nitrogen and oxygen atoms in total. The first-order chi connectivity index (χ1) is 10.3. The summed E-state index contributed by atoms with van der Waals surface area (Å²) in [5.74, 6) is 0.885. The van der Waals surface area contributed by atoms with Gasteiger partial charge in [-0.2, -0.15) is 0 Å². The van der Waals surface area contributed by atoms with E-state index in [9.17, 15) is 4.79 Å². The Morgan fingerprint density at radius 2 is 1.76 bits per heavy atom. The van der Waals surface area contributed by atoms with E-state index in [-0.39, 0.29) is 5.78 Å². The van der Waals surface area contributed by atoms with Crippen molar-refractivity contribution in [3.63, 3.8) is 0 Å². The zero-order valence-corrected chi connectivity index (χ0v) is 12.3. The normalized spacial score (nSPS) is 15.8. The van der Waals surface area contributed by atoms with Crippen molar-refractivity contribution in [1.29, 1.82) is 0 Å². The maximum Gasteiger partial charge on any atom is 0.163 e. The number of hydrogen-bond donors (Lipinski definition) is 0. The molecular weight excluding hydrogens is 258 g/mol. The van der Waals surface area contributed by atoms with Crippen LogP contribution in [0.3, 0.4) is 0 Å². The number of pyridine rings is 1. The van der Waals surface area contributed by atoms with Gasteiger partial charge in [0.1, 0.15) is 0 Å². The monoisotopic (exact) mass is 279 g/mol. The Morgan fingerprint density at radius 3 is 2.43 bits per heavy atom. The summed E-state index contributed by atoms with van der Waals surface area (Å²) in [7, 11) is 0. The molecule has 2 heteroatoms. The Kier molecular flexibility index (Phi) is 4.44. The molecule has 1 fully saturated rings. The van der Waals surface area contributed by atoms with Gasteiger partial charge in [-0.1, -0.05) is 62.4 Å². The second kappa shape index (κ2) is 6.66. The first-order valence-electron chi connectivity index (χ1n) is 7.87. The molecule has 3 rings (SSSR count). The van der Waals surface area contributed by atoms with E-state index in [1.807, 2.05) is 42.5 Å². The molecule has 0 spiro atoms. The van der Waals surface area contributed by atoms with Gasteiger partial charge in [0.2, 0.25) is 0 Å². The largest absolute Gasteiger partial charge is 0.294 e. The Bertz CT molecular complexity index is 583. The van der Waals surface area contributed by atoms with E-state index in [1.165, 1.54) is 32.1 Å². The molecule has 21 heavy (non-hydrogen) atoms. The van der Waals surface area contributed by atoms with Crippen LogP contribution in [0.5, 0.6) is 0 Å². The van der Waals surface area contributed by atoms with Crippen LogP contribution in [0, 0.1) is 5.92 Å². The summed E-state index contributed by atoms with van der Waals surface area (Å²) in [5.41, 5.74) is 2.84. The second-order valence-electron chi connectivity index (χ2n) is 5.92. The molecule has 0 unspecified atom stereocenters. The molecule has 1 saturated carbocycles. The average Bonchev–Trinajstić information content (AvgIpc) is 2.57. The molecule has 0 radical (unpaired) electrons. The van der Waals surface area contributed by atoms with Gasteiger partial charge < -0.3 is 0 Å². The van der Waals surface area contributed by atoms with Crippen LogP contribution in [0.4, 0.5) is 0 Å². The molecule has 1 heterocycles. The van der Waals surface area contributed by atoms with E-state index in [2.05, 4.69) is 4.98 Å². The van der Waals surface area contributed by atoms with Crippen molar-refractivity contribution >= 4 is 5.78 Å². The Morgan fingerprint density at radius 1 is 1.00 bits per heavy atom. The van der Waals surface area contributed by atoms with E-state index >= 15 is 0 Å². The summed E-state index contributed by atoms with van der Waals surface area (Å²) < 4.78 is 0. The van der Waals surface area contributed by atoms with Gasteiger partial charge in [-0.15, -0.1) is 0 Å². The number of ketones is 1. The summed E-state index contributed by atoms with van der Waals surface area (Å²) in [6.45, 7) is 0. The van der Waals surface area contributed by atoms with Gasteiger partial charge in [-0.05, 0) is 18.1 Å². The lowest BCUT2D eigenvalue weighted by atomic mass is 9.84. The Hall–Kier alpha value is -1.96. The number of Topliss-reactive ketones (excluding diaryl/α,β-unsaturated/α-hetero) is 1. The maximum atomic E-state index is 12.3. The van der Waals surface area contributed by atoms with Gasteiger partial charge in [0.05, 0.1) is 5.69 Å². The van der Waals surface area contributed by atoms with Gasteiger partial charge in [0.15, 0.2) is 5.78 Å². The van der Waals surface area contributed by atoms with Crippen molar-refractivity contribution in [3.05, 3.63) is 54.2 Å². The third-order valence-electron chi connectivity index (χ3n) is 4.37. The predicted molar refractivity (Wildman–Crippen MR) is 85.2 cm³/mol. The lowest BCUT2D eigenvalue weighted by molar-refractivity contribution is 0.0950. The van der Waals surface area contributed by atoms with Crippen LogP contribution in [-0.2, 0) is 0 Å². The molecule has 1 aromatic carbocycles. The molecule has 0 aliphatic heterocycles. The minimum Gasteiger partial charge on any atom is -0.294 e. The van der Waals surface area contributed by atoms with Crippen molar-refractivity contribution < 1.29 is 4.79 Å². The fourth-order valence-corrected chi connectivity index (χ4v) is 3.13. The van der Waals surface area contributed by atoms with Gasteiger partial charge in [0, 0.05) is 23.7 Å². The van der Waals surface area contributed by atoms with Crippen molar-refractivity contribution in [1.82, 2.24) is 4.98 Å². The van der Waals surface area contributed by atoms with Crippen LogP contribution in [0.25, 0.3) is 11.3 Å². The highest BCUT2D eigenvalue weighted by molar-refractivity contribution is 5.96. The molecule has 1 aliphatic carbocycles. The molecule has 0 amide bonds. The number of hydrogen-bond acceptors (Lipinski definition) is 2. The molecule has 0 bridgehead atoms. The predicted octanol–water partition coefficient (Wildman–Crippen LogP) is 4.90. The Balaban J connectivity index is 1.67. The third kappa shape index (κ3) is 3.57. The quantitative estimate of drug-likeness (QED) is 0.745. The van der Waals surface area contributed by atoms with E-state index < -0.39 is 0 Å². The molecule has 108 valence electrons. The summed E-state index contributed by atoms with van der Waals surface area (Å²) in [6.07, 6.45) is 8.85. The highest BCUT2D eigenvalue weighted by Gasteiger charge is 2.17. The van der Waals surface area contributed by atoms with Crippen molar-refractivity contribution in [2.75, 3.05) is 0 Å². The minimum absolute atomic E-state index is 0.287. The smallest absolute Gasteiger partial charge is 0.163 e. The molecule has 2 aromatic rings. The third-order valence-corrected chi connectivity index (χ3v) is 4.37. The lowest BCUT2D eigenvalue weighted by Crippen LogP contribution is -2.12. The second-order valence-corrected chi connectivity index (χ2v) is 5.92. The molecule has 1 aliphatic rings. The number of benzene rings is 1. The average molecular weight is 279 g/mol. The number of carbonyl (C=O) groups is 1. The van der Waals surface area contributed by atoms with Crippen LogP contribution >= 0.6 is 0 Å². The van der Waals surface area contributed by atoms with Crippen LogP contribution in [0.1, 0.15) is 48.9 Å². The highest BCUT2D eigenvalue weighted by atomic mass is 16.1. The molecule has 0 saturated heterocycles. The van der Waals surface area contributed by atoms with Crippen LogP contribution in [0.2, 0.25) is 0 Å². The highest BCUT2D eigenvalue weighted by Crippen LogP contribution is 2.27. The van der Waals surface area contributed by atoms with E-state index in [0.29, 0.717) is 12.3 Å². The van der Waals surface area contributed by atoms with E-state index in [0.717, 1.165) is 16.8 Å². The minimum atomic E-state index is 0.287. The molecule has 0 N–H and O–H groups in total. The lowest BCUT2D eigenvalue weighted by Gasteiger charge is -2.20. The Labute approximate surface area is 126 Å². The maximum absolute atomic E-state index is 12.3. The fraction of sp³-hybridized carbons (Fsp3) is 0.368. The first kappa shape index (κ1) is 14.0. The zero-order chi connectivity index (χ0) is 14.5. The molecule has 0 atom stereocenters. The number of nitrogens with zero attached hydrogens (tertiary/aromatic N) is 1. The SMILES string of the molecule is O=C(CC1CCCCC1)c1ccc(-c2ccccn2)cc1. The van der Waals surface area contributed by atoms with Crippen LogP contribution in [-0.4, -0.2) is 10.8 Å². The van der Waals surface area contributed by atoms with Gasteiger partial charge in [-0.25, -0.2) is 0 Å². The first-order valence-corrected chi connectivity index (χ1v) is 7.87. The number of aromatic nitrogens is 1. The van der Waals surface area contributed by atoms with E-state index in [1.54, 1.807) is 6.20 Å². The number of rotatable bonds is 4. The summed E-state index contributed by atoms with van der Waals surface area (Å²) in [6, 6.07) is 13.7. The number of carbonyl (C=O) groups excluding carboxylic acids is 1. The van der Waals surface area contributed by atoms with Crippen LogP contribution < -0.4 is 0 Å². The topological polar surface area (TPSA) is 30.0 Å². The zero-order valence-electron chi connectivity index (χ0n) is 12.3. The van der Waals surface area contributed by atoms with Gasteiger partial charge in [-0.3, -0.25) is 9.78 Å². The van der Waals surface area contributed by atoms with Crippen molar-refractivity contribution in [2.24, 2.45) is 5.92 Å².